The molecule has 0 radical (unpaired) electrons. The number of hydrogen-bond acceptors (Lipinski definition) is 14. The fourth-order valence-corrected chi connectivity index (χ4v) is 15.0. The third kappa shape index (κ3) is 8.94. The van der Waals surface area contributed by atoms with Crippen molar-refractivity contribution in [3.05, 3.63) is 132 Å². The number of esters is 3. The maximum atomic E-state index is 14.8. The van der Waals surface area contributed by atoms with E-state index < -0.39 is 41.1 Å². The quantitative estimate of drug-likeness (QED) is 0.0699. The van der Waals surface area contributed by atoms with Crippen LogP contribution in [0.5, 0.6) is 5.75 Å². The van der Waals surface area contributed by atoms with Gasteiger partial charge >= 0.3 is 24.0 Å². The molecule has 86 heavy (non-hydrogen) atoms. The predicted octanol–water partition coefficient (Wildman–Crippen LogP) is 11.7. The monoisotopic (exact) mass is 1160 g/mol. The summed E-state index contributed by atoms with van der Waals surface area (Å²) in [6.45, 7) is 21.4. The molecule has 2 N–H and O–H groups in total. The van der Waals surface area contributed by atoms with E-state index in [4.69, 9.17) is 33.9 Å². The van der Waals surface area contributed by atoms with Crippen LogP contribution in [0.3, 0.4) is 0 Å². The Kier molecular flexibility index (Phi) is 14.3. The van der Waals surface area contributed by atoms with Gasteiger partial charge in [-0.15, -0.1) is 0 Å². The van der Waals surface area contributed by atoms with Crippen molar-refractivity contribution >= 4 is 80.0 Å². The molecule has 2 saturated heterocycles. The van der Waals surface area contributed by atoms with Crippen LogP contribution in [0.4, 0.5) is 4.79 Å². The fourth-order valence-electron chi connectivity index (χ4n) is 15.0. The number of rotatable bonds is 11. The number of amides is 1. The standard InChI is InChI=1S/C68H72N8O10/c1-10-40-34(5)49-29-51-36(7)43(61(72-51)58-59(65(80)83-9)63(78)57-37(8)52(73-62(57)58)31-54-41(11-2)35(6)50(70-54)30-53(40)69-49)18-20-56(77)86-68(13-4)47-28-55-60-45(32-76(55)64(79)46(47)33-84-66(68)81)42(12-3)44-27-39(17-19-48(44)71-60)85-67(82)75-25-21-38(22-26-75)74-23-15-14-16-24-74/h10,17,19,27-31,36,38,43,59,69,73H,1,11-16,18,20-26,32-33H2,2-9H3. The molecule has 7 aliphatic rings. The third-order valence-electron chi connectivity index (χ3n) is 19.8. The maximum Gasteiger partial charge on any atom is 0.415 e. The SMILES string of the molecule is C=Cc1c(C)c2cc3nc(c4c5[nH]c(cc6nc(cc1[nH]2)C(C)=C6CC)c(C)c5C(=O)C4C(=O)OC)C(CCC(=O)OC1(CC)C(=O)OCc2c1cc1n(c2=O)Cc2c-1nc1ccc(OC(=O)N4CCC(N5CCCCC5)CC4)cc1c2CC)C3C. The topological polar surface area (TPSA) is 221 Å². The molecule has 0 saturated carbocycles. The highest BCUT2D eigenvalue weighted by Crippen LogP contribution is 2.49. The van der Waals surface area contributed by atoms with Gasteiger partial charge in [0.1, 0.15) is 18.3 Å². The summed E-state index contributed by atoms with van der Waals surface area (Å²) in [5, 5.41) is 0.808. The van der Waals surface area contributed by atoms with Crippen LogP contribution in [0.1, 0.15) is 188 Å². The van der Waals surface area contributed by atoms with E-state index in [0.29, 0.717) is 93.7 Å². The number of piperidine rings is 2. The lowest BCUT2D eigenvalue weighted by atomic mass is 9.83. The number of nitrogens with one attached hydrogen (secondary N) is 2. The molecule has 8 bridgehead atoms. The third-order valence-corrected chi connectivity index (χ3v) is 19.8. The van der Waals surface area contributed by atoms with Gasteiger partial charge < -0.3 is 43.3 Å². The summed E-state index contributed by atoms with van der Waals surface area (Å²) < 4.78 is 25.2. The van der Waals surface area contributed by atoms with E-state index >= 15 is 0 Å². The molecule has 2 fully saturated rings. The number of nitrogens with zero attached hydrogens (tertiary/aromatic N) is 6. The number of allylic oxidation sites excluding steroid dienone is 2. The molecule has 1 aliphatic carbocycles. The molecule has 6 aromatic rings. The first-order chi connectivity index (χ1) is 41.5. The van der Waals surface area contributed by atoms with Crippen molar-refractivity contribution in [3.63, 3.8) is 0 Å². The Labute approximate surface area is 498 Å². The zero-order valence-electron chi connectivity index (χ0n) is 50.2. The van der Waals surface area contributed by atoms with E-state index in [9.17, 15) is 28.8 Å². The van der Waals surface area contributed by atoms with Gasteiger partial charge in [-0.05, 0) is 156 Å². The smallest absolute Gasteiger partial charge is 0.415 e. The van der Waals surface area contributed by atoms with E-state index in [1.165, 1.54) is 26.4 Å². The van der Waals surface area contributed by atoms with Gasteiger partial charge in [-0.2, -0.15) is 0 Å². The number of hydrogen-bond donors (Lipinski definition) is 2. The van der Waals surface area contributed by atoms with Gasteiger partial charge in [0, 0.05) is 92.8 Å². The number of likely N-dealkylation sites (tertiary alicyclic amines) is 2. The molecule has 11 heterocycles. The first-order valence-electron chi connectivity index (χ1n) is 30.6. The molecular formula is C68H72N8O10. The average molecular weight is 1160 g/mol. The van der Waals surface area contributed by atoms with Gasteiger partial charge in [0.15, 0.2) is 5.78 Å². The highest BCUT2D eigenvalue weighted by Gasteiger charge is 2.51. The minimum absolute atomic E-state index is 0.0411. The number of pyridine rings is 2. The lowest BCUT2D eigenvalue weighted by Crippen LogP contribution is -2.48. The number of benzene rings is 1. The molecule has 1 aromatic carbocycles. The van der Waals surface area contributed by atoms with E-state index in [0.717, 1.165) is 87.1 Å². The van der Waals surface area contributed by atoms with Gasteiger partial charge in [0.2, 0.25) is 5.60 Å². The molecule has 18 heteroatoms. The van der Waals surface area contributed by atoms with E-state index in [2.05, 4.69) is 35.3 Å². The molecule has 18 nitrogen and oxygen atoms in total. The zero-order valence-corrected chi connectivity index (χ0v) is 50.2. The molecule has 444 valence electrons. The summed E-state index contributed by atoms with van der Waals surface area (Å²) in [5.41, 5.74) is 12.3. The zero-order chi connectivity index (χ0) is 60.2. The van der Waals surface area contributed by atoms with Gasteiger partial charge in [-0.25, -0.2) is 19.6 Å². The number of Topliss-reactive ketones (excluding diaryl/α,β-unsaturated/α-hetero) is 1. The lowest BCUT2D eigenvalue weighted by molar-refractivity contribution is -0.189. The Balaban J connectivity index is 0.831. The maximum absolute atomic E-state index is 14.8. The molecule has 6 aliphatic heterocycles. The molecule has 0 spiro atoms. The Morgan fingerprint density at radius 2 is 1.62 bits per heavy atom. The summed E-state index contributed by atoms with van der Waals surface area (Å²) in [6, 6.07) is 13.6. The fraction of sp³-hybridized carbons (Fsp3) is 0.426. The largest absolute Gasteiger partial charge is 0.468 e. The summed E-state index contributed by atoms with van der Waals surface area (Å²) in [5.74, 6) is -4.51. The number of carbonyl (C=O) groups excluding carboxylic acids is 5. The van der Waals surface area contributed by atoms with E-state index in [-0.39, 0.29) is 61.1 Å². The predicted molar refractivity (Wildman–Crippen MR) is 327 cm³/mol. The molecular weight excluding hydrogens is 1090 g/mol. The van der Waals surface area contributed by atoms with Crippen LogP contribution in [-0.2, 0) is 53.8 Å². The lowest BCUT2D eigenvalue weighted by Gasteiger charge is -2.39. The normalized spacial score (nSPS) is 20.9. The highest BCUT2D eigenvalue weighted by molar-refractivity contribution is 6.23. The summed E-state index contributed by atoms with van der Waals surface area (Å²) in [6.07, 6.45) is 8.22. The summed E-state index contributed by atoms with van der Waals surface area (Å²) in [7, 11) is 1.26. The van der Waals surface area contributed by atoms with Crippen LogP contribution < -0.4 is 10.3 Å². The molecule has 1 amide bonds. The number of carbonyl (C=O) groups is 5. The molecule has 13 rings (SSSR count). The van der Waals surface area contributed by atoms with Crippen molar-refractivity contribution in [3.8, 4) is 17.1 Å². The number of cyclic esters (lactones) is 1. The van der Waals surface area contributed by atoms with Crippen molar-refractivity contribution in [1.29, 1.82) is 0 Å². The second kappa shape index (κ2) is 21.8. The second-order valence-corrected chi connectivity index (χ2v) is 24.1. The second-order valence-electron chi connectivity index (χ2n) is 24.1. The number of H-pyrrole nitrogens is 2. The van der Waals surface area contributed by atoms with Crippen LogP contribution in [0.2, 0.25) is 0 Å². The average Bonchev–Trinajstić information content (AvgIpc) is 1.73. The van der Waals surface area contributed by atoms with Gasteiger partial charge in [0.05, 0.1) is 58.7 Å². The highest BCUT2D eigenvalue weighted by atomic mass is 16.6. The van der Waals surface area contributed by atoms with Gasteiger partial charge in [-0.3, -0.25) is 24.2 Å². The number of methoxy groups -OCH3 is 1. The minimum atomic E-state index is -1.98. The first-order valence-corrected chi connectivity index (χ1v) is 30.6. The number of aryl methyl sites for hydroxylation is 3. The number of ketones is 1. The minimum Gasteiger partial charge on any atom is -0.468 e. The van der Waals surface area contributed by atoms with Crippen LogP contribution >= 0.6 is 0 Å². The van der Waals surface area contributed by atoms with Crippen LogP contribution in [0, 0.1) is 13.8 Å². The Morgan fingerprint density at radius 1 is 0.860 bits per heavy atom. The number of aromatic amines is 2. The molecule has 5 aromatic heterocycles. The number of fused-ring (bicyclic) bond motifs is 13. The van der Waals surface area contributed by atoms with Crippen LogP contribution in [0.25, 0.3) is 61.6 Å². The first kappa shape index (κ1) is 56.6. The van der Waals surface area contributed by atoms with E-state index in [1.54, 1.807) is 28.5 Å². The van der Waals surface area contributed by atoms with Crippen LogP contribution in [-0.4, -0.2) is 108 Å². The Morgan fingerprint density at radius 3 is 2.34 bits per heavy atom. The number of aromatic nitrogens is 6. The Hall–Kier alpha value is -8.51. The van der Waals surface area contributed by atoms with Crippen LogP contribution in [0.15, 0.2) is 53.8 Å². The number of ether oxygens (including phenoxy) is 4. The van der Waals surface area contributed by atoms with Crippen molar-refractivity contribution in [2.24, 2.45) is 0 Å². The van der Waals surface area contributed by atoms with Crippen molar-refractivity contribution in [2.45, 2.75) is 155 Å². The summed E-state index contributed by atoms with van der Waals surface area (Å²) >= 11 is 0. The Bertz CT molecular complexity index is 4230. The van der Waals surface area contributed by atoms with Crippen molar-refractivity contribution in [1.82, 2.24) is 39.3 Å². The molecule has 4 atom stereocenters. The van der Waals surface area contributed by atoms with Gasteiger partial charge in [0.25, 0.3) is 5.56 Å². The van der Waals surface area contributed by atoms with Crippen molar-refractivity contribution in [2.75, 3.05) is 33.3 Å². The summed E-state index contributed by atoms with van der Waals surface area (Å²) in [4.78, 5) is 113. The van der Waals surface area contributed by atoms with Crippen molar-refractivity contribution < 1.29 is 42.9 Å². The van der Waals surface area contributed by atoms with E-state index in [1.807, 2.05) is 64.1 Å². The molecule has 4 unspecified atom stereocenters. The van der Waals surface area contributed by atoms with Gasteiger partial charge in [-0.1, -0.05) is 46.8 Å².